The first-order chi connectivity index (χ1) is 20.4. The number of nitrogens with zero attached hydrogens (tertiary/aromatic N) is 2. The summed E-state index contributed by atoms with van der Waals surface area (Å²) in [5, 5.41) is 0. The Morgan fingerprint density at radius 3 is 2.29 bits per heavy atom. The van der Waals surface area contributed by atoms with Crippen molar-refractivity contribution < 1.29 is 23.7 Å². The number of allylic oxidation sites excluding steroid dienone is 1. The zero-order chi connectivity index (χ0) is 30.1. The maximum absolute atomic E-state index is 14.0. The molecule has 1 fully saturated rings. The van der Waals surface area contributed by atoms with E-state index in [1.807, 2.05) is 54.6 Å². The summed E-state index contributed by atoms with van der Waals surface area (Å²) >= 11 is 5.92. The predicted molar refractivity (Wildman–Crippen MR) is 165 cm³/mol. The number of aliphatic imine (C=N–C) groups is 1. The van der Waals surface area contributed by atoms with E-state index < -0.39 is 0 Å². The molecule has 0 radical (unpaired) electrons. The van der Waals surface area contributed by atoms with E-state index in [0.29, 0.717) is 52.8 Å². The largest absolute Gasteiger partial charge is 0.497 e. The number of carbonyl (C=O) groups is 1. The number of halogens is 1. The summed E-state index contributed by atoms with van der Waals surface area (Å²) in [7, 11) is 6.39. The molecule has 1 aliphatic carbocycles. The highest BCUT2D eigenvalue weighted by Crippen LogP contribution is 2.35. The fourth-order valence-electron chi connectivity index (χ4n) is 4.59. The molecule has 222 valence electrons. The van der Waals surface area contributed by atoms with Gasteiger partial charge in [0.15, 0.2) is 11.5 Å². The molecule has 9 heteroatoms. The van der Waals surface area contributed by atoms with E-state index in [0.717, 1.165) is 35.1 Å². The summed E-state index contributed by atoms with van der Waals surface area (Å²) in [4.78, 5) is 20.0. The molecule has 4 rings (SSSR count). The van der Waals surface area contributed by atoms with Gasteiger partial charge in [-0.15, -0.1) is 11.6 Å². The van der Waals surface area contributed by atoms with Gasteiger partial charge in [-0.25, -0.2) is 0 Å². The lowest BCUT2D eigenvalue weighted by Gasteiger charge is -2.25. The first-order valence-electron chi connectivity index (χ1n) is 13.8. The molecule has 0 spiro atoms. The van der Waals surface area contributed by atoms with E-state index in [-0.39, 0.29) is 19.0 Å². The Hall–Kier alpha value is -4.17. The summed E-state index contributed by atoms with van der Waals surface area (Å²) in [5.74, 6) is 2.91. The lowest BCUT2D eigenvalue weighted by atomic mass is 10.1. The highest BCUT2D eigenvalue weighted by Gasteiger charge is 2.27. The fourth-order valence-corrected chi connectivity index (χ4v) is 4.76. The molecule has 0 unspecified atom stereocenters. The first kappa shape index (κ1) is 30.8. The van der Waals surface area contributed by atoms with Crippen LogP contribution in [0.15, 0.2) is 77.4 Å². The van der Waals surface area contributed by atoms with Gasteiger partial charge in [0.2, 0.25) is 0 Å². The van der Waals surface area contributed by atoms with Gasteiger partial charge in [0, 0.05) is 35.8 Å². The molecule has 8 nitrogen and oxygen atoms in total. The van der Waals surface area contributed by atoms with Crippen LogP contribution in [0.1, 0.15) is 35.1 Å². The third-order valence-corrected chi connectivity index (χ3v) is 7.46. The second-order valence-electron chi connectivity index (χ2n) is 10.1. The third kappa shape index (κ3) is 7.76. The minimum atomic E-state index is -0.258. The molecule has 0 saturated heterocycles. The summed E-state index contributed by atoms with van der Waals surface area (Å²) < 4.78 is 23.0. The molecule has 0 aromatic heterocycles. The first-order valence-corrected chi connectivity index (χ1v) is 14.3. The zero-order valence-electron chi connectivity index (χ0n) is 24.6. The number of nitrogens with two attached hydrogens (primary N) is 1. The Bertz CT molecular complexity index is 1430. The topological polar surface area (TPSA) is 95.6 Å². The molecule has 3 aromatic rings. The molecule has 1 aliphatic rings. The fraction of sp³-hybridized carbons (Fsp3) is 0.333. The van der Waals surface area contributed by atoms with Crippen molar-refractivity contribution in [2.75, 3.05) is 28.4 Å². The van der Waals surface area contributed by atoms with E-state index in [1.54, 1.807) is 45.4 Å². The normalized spacial score (nSPS) is 13.5. The van der Waals surface area contributed by atoms with Gasteiger partial charge in [0.1, 0.15) is 23.8 Å². The predicted octanol–water partition coefficient (Wildman–Crippen LogP) is 5.88. The Balaban J connectivity index is 1.64. The lowest BCUT2D eigenvalue weighted by Crippen LogP contribution is -2.35. The molecule has 42 heavy (non-hydrogen) atoms. The van der Waals surface area contributed by atoms with Crippen molar-refractivity contribution in [1.29, 1.82) is 0 Å². The van der Waals surface area contributed by atoms with Crippen molar-refractivity contribution in [1.82, 2.24) is 4.90 Å². The second kappa shape index (κ2) is 14.6. The molecule has 1 amide bonds. The molecular weight excluding hydrogens is 554 g/mol. The third-order valence-electron chi connectivity index (χ3n) is 7.15. The van der Waals surface area contributed by atoms with Gasteiger partial charge in [-0.3, -0.25) is 9.79 Å². The zero-order valence-corrected chi connectivity index (χ0v) is 25.3. The van der Waals surface area contributed by atoms with Crippen molar-refractivity contribution in [2.45, 2.75) is 38.4 Å². The highest BCUT2D eigenvalue weighted by atomic mass is 35.5. The molecule has 0 aliphatic heterocycles. The van der Waals surface area contributed by atoms with Gasteiger partial charge in [0.05, 0.1) is 34.4 Å². The van der Waals surface area contributed by atoms with Crippen molar-refractivity contribution in [2.24, 2.45) is 16.6 Å². The van der Waals surface area contributed by atoms with Crippen LogP contribution in [0.25, 0.3) is 0 Å². The molecule has 3 aromatic carbocycles. The monoisotopic (exact) mass is 591 g/mol. The molecular formula is C33H38ClN3O5. The van der Waals surface area contributed by atoms with E-state index in [2.05, 4.69) is 4.99 Å². The van der Waals surface area contributed by atoms with Gasteiger partial charge < -0.3 is 29.6 Å². The average Bonchev–Trinajstić information content (AvgIpc) is 3.88. The molecule has 1 saturated carbocycles. The van der Waals surface area contributed by atoms with E-state index in [4.69, 9.17) is 36.3 Å². The van der Waals surface area contributed by atoms with Crippen LogP contribution in [0.2, 0.25) is 0 Å². The number of carbonyl (C=O) groups excluding carboxylic acids is 1. The van der Waals surface area contributed by atoms with E-state index in [9.17, 15) is 4.79 Å². The Kier molecular flexibility index (Phi) is 10.7. The van der Waals surface area contributed by atoms with Gasteiger partial charge in [-0.05, 0) is 54.2 Å². The van der Waals surface area contributed by atoms with Crippen molar-refractivity contribution in [3.63, 3.8) is 0 Å². The van der Waals surface area contributed by atoms with Gasteiger partial charge in [-0.1, -0.05) is 36.4 Å². The molecule has 2 N–H and O–H groups in total. The smallest absolute Gasteiger partial charge is 0.272 e. The van der Waals surface area contributed by atoms with Crippen LogP contribution >= 0.6 is 11.6 Å². The quantitative estimate of drug-likeness (QED) is 0.186. The van der Waals surface area contributed by atoms with Crippen molar-refractivity contribution >= 4 is 23.2 Å². The van der Waals surface area contributed by atoms with Crippen LogP contribution in [-0.2, 0) is 30.4 Å². The number of hydrogen-bond acceptors (Lipinski definition) is 7. The summed E-state index contributed by atoms with van der Waals surface area (Å²) in [6.45, 7) is 0.838. The average molecular weight is 592 g/mol. The molecule has 0 heterocycles. The summed E-state index contributed by atoms with van der Waals surface area (Å²) in [5.41, 5.74) is 10.9. The minimum Gasteiger partial charge on any atom is -0.497 e. The maximum atomic E-state index is 14.0. The van der Waals surface area contributed by atoms with Crippen LogP contribution in [0.4, 0.5) is 0 Å². The van der Waals surface area contributed by atoms with Crippen molar-refractivity contribution in [3.05, 3.63) is 94.7 Å². The number of alkyl halides is 1. The highest BCUT2D eigenvalue weighted by molar-refractivity contribution is 6.43. The van der Waals surface area contributed by atoms with Gasteiger partial charge >= 0.3 is 0 Å². The lowest BCUT2D eigenvalue weighted by molar-refractivity contribution is -0.125. The molecule has 0 bridgehead atoms. The SMILES string of the molecule is CN=C(C=C(N)C1CC1)C(=O)N(Cc1ccc(OC)cc1OC)Cc1cccc(OCc2ccc(CCl)cc2)c1OC. The number of para-hydroxylation sites is 1. The maximum Gasteiger partial charge on any atom is 0.272 e. The number of benzene rings is 3. The summed E-state index contributed by atoms with van der Waals surface area (Å²) in [6.07, 6.45) is 3.76. The second-order valence-corrected chi connectivity index (χ2v) is 10.3. The standard InChI is InChI=1S/C33H38ClN3O5/c1-36-29(17-28(35)24-12-13-24)33(38)37(19-25-14-15-27(39-2)16-31(25)40-3)20-26-6-5-7-30(32(26)41-4)42-21-23-10-8-22(18-34)9-11-23/h5-11,14-17,24H,12-13,18-21,35H2,1-4H3. The number of rotatable bonds is 14. The molecule has 0 atom stereocenters. The van der Waals surface area contributed by atoms with Crippen LogP contribution in [0.5, 0.6) is 23.0 Å². The van der Waals surface area contributed by atoms with Crippen LogP contribution in [0.3, 0.4) is 0 Å². The van der Waals surface area contributed by atoms with Crippen LogP contribution in [0, 0.1) is 5.92 Å². The Morgan fingerprint density at radius 1 is 0.952 bits per heavy atom. The minimum absolute atomic E-state index is 0.231. The van der Waals surface area contributed by atoms with Crippen LogP contribution in [-0.4, -0.2) is 44.9 Å². The number of methoxy groups -OCH3 is 3. The van der Waals surface area contributed by atoms with Gasteiger partial charge in [0.25, 0.3) is 5.91 Å². The van der Waals surface area contributed by atoms with Crippen LogP contribution < -0.4 is 24.7 Å². The summed E-state index contributed by atoms with van der Waals surface area (Å²) in [6, 6.07) is 19.1. The van der Waals surface area contributed by atoms with Crippen molar-refractivity contribution in [3.8, 4) is 23.0 Å². The van der Waals surface area contributed by atoms with E-state index in [1.165, 1.54) is 0 Å². The number of amides is 1. The Morgan fingerprint density at radius 2 is 1.67 bits per heavy atom. The Labute approximate surface area is 252 Å². The van der Waals surface area contributed by atoms with Gasteiger partial charge in [-0.2, -0.15) is 0 Å². The van der Waals surface area contributed by atoms with E-state index >= 15 is 0 Å². The number of ether oxygens (including phenoxy) is 4. The number of hydrogen-bond donors (Lipinski definition) is 1.